The second-order valence-electron chi connectivity index (χ2n) is 6.83. The van der Waals surface area contributed by atoms with Crippen molar-refractivity contribution in [1.82, 2.24) is 0 Å². The maximum absolute atomic E-state index is 12.9. The topological polar surface area (TPSA) is 74.2 Å². The number of Topliss-reactive ketones (excluding diaryl/α,β-unsaturated/α-hetero) is 1. The van der Waals surface area contributed by atoms with E-state index in [0.29, 0.717) is 29.2 Å². The molecule has 0 spiro atoms. The van der Waals surface area contributed by atoms with Gasteiger partial charge in [0.15, 0.2) is 17.3 Å². The van der Waals surface area contributed by atoms with Gasteiger partial charge in [-0.2, -0.15) is 0 Å². The molecule has 2 atom stereocenters. The average Bonchev–Trinajstić information content (AvgIpc) is 2.67. The first-order valence-corrected chi connectivity index (χ1v) is 10.1. The predicted octanol–water partition coefficient (Wildman–Crippen LogP) is 4.21. The Bertz CT molecular complexity index is 874. The van der Waals surface area contributed by atoms with Crippen LogP contribution in [0.5, 0.6) is 11.5 Å². The van der Waals surface area contributed by atoms with Gasteiger partial charge in [0.1, 0.15) is 5.92 Å². The van der Waals surface area contributed by atoms with Crippen LogP contribution in [0.15, 0.2) is 32.9 Å². The number of benzene rings is 1. The second kappa shape index (κ2) is 8.47. The van der Waals surface area contributed by atoms with Crippen molar-refractivity contribution >= 4 is 33.4 Å². The minimum atomic E-state index is -0.657. The molecule has 1 aromatic rings. The molecule has 7 heteroatoms. The number of carbonyl (C=O) groups excluding carboxylic acids is 2. The zero-order valence-electron chi connectivity index (χ0n) is 16.5. The third-order valence-corrected chi connectivity index (χ3v) is 5.90. The summed E-state index contributed by atoms with van der Waals surface area (Å²) in [4.78, 5) is 30.4. The molecular weight excluding hydrogens is 426 g/mol. The first-order valence-electron chi connectivity index (χ1n) is 9.32. The molecule has 3 rings (SSSR count). The van der Waals surface area contributed by atoms with Crippen LogP contribution in [0.4, 0.5) is 0 Å². The smallest absolute Gasteiger partial charge is 0.315 e. The van der Waals surface area contributed by atoms with E-state index in [9.17, 15) is 9.59 Å². The van der Waals surface area contributed by atoms with Crippen LogP contribution in [-0.2, 0) is 14.3 Å². The Hall–Kier alpha value is -2.15. The van der Waals surface area contributed by atoms with Crippen molar-refractivity contribution in [1.29, 1.82) is 0 Å². The number of halogens is 1. The van der Waals surface area contributed by atoms with Gasteiger partial charge in [-0.3, -0.25) is 14.6 Å². The van der Waals surface area contributed by atoms with Crippen molar-refractivity contribution in [2.75, 3.05) is 20.8 Å². The standard InChI is InChI=1S/C21H24BrNO5/c1-5-28-21(25)18-11(2)23-14-7-6-8-15(24)20(14)19(18)12-9-16(26-3)17(27-4)10-13(12)22/h9-10,18-19H,5-8H2,1-4H3/t18?,19-/m0/s1. The molecule has 0 saturated carbocycles. The lowest BCUT2D eigenvalue weighted by Gasteiger charge is -2.35. The van der Waals surface area contributed by atoms with Gasteiger partial charge in [-0.25, -0.2) is 0 Å². The molecule has 0 amide bonds. The normalized spacial score (nSPS) is 21.8. The Morgan fingerprint density at radius 1 is 1.21 bits per heavy atom. The number of hydrogen-bond donors (Lipinski definition) is 0. The summed E-state index contributed by atoms with van der Waals surface area (Å²) in [6.45, 7) is 3.86. The highest BCUT2D eigenvalue weighted by atomic mass is 79.9. The molecule has 0 fully saturated rings. The summed E-state index contributed by atoms with van der Waals surface area (Å²) in [6.07, 6.45) is 1.97. The van der Waals surface area contributed by atoms with Gasteiger partial charge in [0.2, 0.25) is 0 Å². The van der Waals surface area contributed by atoms with Gasteiger partial charge in [0.05, 0.1) is 20.8 Å². The molecule has 0 radical (unpaired) electrons. The quantitative estimate of drug-likeness (QED) is 0.629. The number of hydrogen-bond acceptors (Lipinski definition) is 6. The molecule has 1 unspecified atom stereocenters. The van der Waals surface area contributed by atoms with E-state index in [0.717, 1.165) is 28.6 Å². The van der Waals surface area contributed by atoms with Crippen LogP contribution in [0.25, 0.3) is 0 Å². The van der Waals surface area contributed by atoms with Crippen molar-refractivity contribution in [2.24, 2.45) is 10.9 Å². The van der Waals surface area contributed by atoms with Crippen LogP contribution < -0.4 is 9.47 Å². The van der Waals surface area contributed by atoms with Gasteiger partial charge in [0.25, 0.3) is 0 Å². The van der Waals surface area contributed by atoms with Crippen LogP contribution in [0, 0.1) is 5.92 Å². The van der Waals surface area contributed by atoms with E-state index in [-0.39, 0.29) is 18.4 Å². The SMILES string of the molecule is CCOC(=O)C1C(C)=NC2=C(C(=O)CCC2)[C@H]1c1cc(OC)c(OC)cc1Br. The van der Waals surface area contributed by atoms with Gasteiger partial charge < -0.3 is 14.2 Å². The van der Waals surface area contributed by atoms with Crippen molar-refractivity contribution in [3.05, 3.63) is 33.4 Å². The number of ketones is 1. The summed E-state index contributed by atoms with van der Waals surface area (Å²) in [5.41, 5.74) is 2.84. The zero-order chi connectivity index (χ0) is 20.4. The minimum absolute atomic E-state index is 0.0403. The highest BCUT2D eigenvalue weighted by Gasteiger charge is 2.44. The highest BCUT2D eigenvalue weighted by Crippen LogP contribution is 2.47. The van der Waals surface area contributed by atoms with Crippen molar-refractivity contribution in [2.45, 2.75) is 39.0 Å². The largest absolute Gasteiger partial charge is 0.493 e. The molecular formula is C21H24BrNO5. The fourth-order valence-electron chi connectivity index (χ4n) is 3.99. The molecule has 1 heterocycles. The third-order valence-electron chi connectivity index (χ3n) is 5.21. The van der Waals surface area contributed by atoms with E-state index in [1.807, 2.05) is 13.0 Å². The molecule has 28 heavy (non-hydrogen) atoms. The Kier molecular flexibility index (Phi) is 6.23. The van der Waals surface area contributed by atoms with Gasteiger partial charge in [-0.1, -0.05) is 15.9 Å². The summed E-state index contributed by atoms with van der Waals surface area (Å²) < 4.78 is 16.9. The van der Waals surface area contributed by atoms with E-state index in [2.05, 4.69) is 20.9 Å². The van der Waals surface area contributed by atoms with E-state index >= 15 is 0 Å². The third kappa shape index (κ3) is 3.60. The fourth-order valence-corrected chi connectivity index (χ4v) is 4.56. The summed E-state index contributed by atoms with van der Waals surface area (Å²) in [6, 6.07) is 3.62. The monoisotopic (exact) mass is 449 g/mol. The van der Waals surface area contributed by atoms with E-state index in [1.165, 1.54) is 0 Å². The van der Waals surface area contributed by atoms with Gasteiger partial charge >= 0.3 is 5.97 Å². The number of ether oxygens (including phenoxy) is 3. The van der Waals surface area contributed by atoms with Gasteiger partial charge in [-0.05, 0) is 44.4 Å². The molecule has 0 bridgehead atoms. The Labute approximate surface area is 173 Å². The Balaban J connectivity index is 2.23. The summed E-state index contributed by atoms with van der Waals surface area (Å²) in [7, 11) is 3.12. The lowest BCUT2D eigenvalue weighted by atomic mass is 9.71. The van der Waals surface area contributed by atoms with Crippen LogP contribution >= 0.6 is 15.9 Å². The maximum atomic E-state index is 12.9. The van der Waals surface area contributed by atoms with Crippen molar-refractivity contribution in [3.63, 3.8) is 0 Å². The summed E-state index contributed by atoms with van der Waals surface area (Å²) >= 11 is 3.60. The number of esters is 1. The Morgan fingerprint density at radius 3 is 2.54 bits per heavy atom. The molecule has 150 valence electrons. The van der Waals surface area contributed by atoms with E-state index < -0.39 is 11.8 Å². The van der Waals surface area contributed by atoms with Gasteiger partial charge in [0, 0.05) is 33.8 Å². The zero-order valence-corrected chi connectivity index (χ0v) is 18.1. The number of aliphatic imine (C=N–C) groups is 1. The van der Waals surface area contributed by atoms with Crippen LogP contribution in [0.2, 0.25) is 0 Å². The fraction of sp³-hybridized carbons (Fsp3) is 0.476. The minimum Gasteiger partial charge on any atom is -0.493 e. The van der Waals surface area contributed by atoms with Crippen molar-refractivity contribution < 1.29 is 23.8 Å². The number of nitrogens with zero attached hydrogens (tertiary/aromatic N) is 1. The lowest BCUT2D eigenvalue weighted by molar-refractivity contribution is -0.146. The number of methoxy groups -OCH3 is 2. The Morgan fingerprint density at radius 2 is 1.89 bits per heavy atom. The van der Waals surface area contributed by atoms with Crippen molar-refractivity contribution in [3.8, 4) is 11.5 Å². The first-order chi connectivity index (χ1) is 13.4. The van der Waals surface area contributed by atoms with Crippen LogP contribution in [0.3, 0.4) is 0 Å². The van der Waals surface area contributed by atoms with Crippen LogP contribution in [0.1, 0.15) is 44.6 Å². The number of carbonyl (C=O) groups is 2. The van der Waals surface area contributed by atoms with E-state index in [1.54, 1.807) is 27.2 Å². The maximum Gasteiger partial charge on any atom is 0.315 e. The van der Waals surface area contributed by atoms with E-state index in [4.69, 9.17) is 14.2 Å². The lowest BCUT2D eigenvalue weighted by Crippen LogP contribution is -2.37. The molecule has 1 aliphatic heterocycles. The first kappa shape index (κ1) is 20.6. The molecule has 0 N–H and O–H groups in total. The number of rotatable bonds is 5. The summed E-state index contributed by atoms with van der Waals surface area (Å²) in [5.74, 6) is -0.368. The second-order valence-corrected chi connectivity index (χ2v) is 7.68. The van der Waals surface area contributed by atoms with Crippen LogP contribution in [-0.4, -0.2) is 38.3 Å². The average molecular weight is 450 g/mol. The molecule has 2 aliphatic rings. The molecule has 6 nitrogen and oxygen atoms in total. The molecule has 1 aromatic carbocycles. The molecule has 0 aromatic heterocycles. The summed E-state index contributed by atoms with van der Waals surface area (Å²) in [5, 5.41) is 0. The predicted molar refractivity (Wildman–Crippen MR) is 109 cm³/mol. The highest BCUT2D eigenvalue weighted by molar-refractivity contribution is 9.10. The molecule has 1 aliphatic carbocycles. The van der Waals surface area contributed by atoms with Gasteiger partial charge in [-0.15, -0.1) is 0 Å². The molecule has 0 saturated heterocycles. The number of allylic oxidation sites excluding steroid dienone is 2.